The second kappa shape index (κ2) is 16.9. The number of ether oxygens (including phenoxy) is 1. The Morgan fingerprint density at radius 2 is 1.90 bits per heavy atom. The molecule has 3 N–H and O–H groups in total. The molecule has 1 aliphatic carbocycles. The predicted octanol–water partition coefficient (Wildman–Crippen LogP) is 3.74. The summed E-state index contributed by atoms with van der Waals surface area (Å²) in [6.45, 7) is 4.11. The topological polar surface area (TPSA) is 175 Å². The summed E-state index contributed by atoms with van der Waals surface area (Å²) in [6, 6.07) is 6.47. The number of nitrogens with one attached hydrogen (secondary N) is 3. The lowest BCUT2D eigenvalue weighted by molar-refractivity contribution is -0.135. The van der Waals surface area contributed by atoms with E-state index in [1.807, 2.05) is 18.2 Å². The van der Waals surface area contributed by atoms with Crippen molar-refractivity contribution in [1.29, 1.82) is 0 Å². The zero-order chi connectivity index (χ0) is 40.3. The molecule has 0 radical (unpaired) electrons. The van der Waals surface area contributed by atoms with E-state index in [2.05, 4.69) is 47.9 Å². The van der Waals surface area contributed by atoms with E-state index in [4.69, 9.17) is 4.74 Å². The highest BCUT2D eigenvalue weighted by molar-refractivity contribution is 6.08. The average molecular weight is 798 g/mol. The van der Waals surface area contributed by atoms with Crippen molar-refractivity contribution < 1.29 is 27.9 Å². The van der Waals surface area contributed by atoms with Crippen LogP contribution >= 0.6 is 0 Å². The first-order valence-corrected chi connectivity index (χ1v) is 19.7. The number of aromatic nitrogens is 7. The van der Waals surface area contributed by atoms with Crippen LogP contribution in [0.4, 0.5) is 20.3 Å². The second-order valence-corrected chi connectivity index (χ2v) is 15.0. The number of hydrogen-bond acceptors (Lipinski definition) is 10. The molecular formula is C40H45F2N11O5. The number of carbonyl (C=O) groups excluding carboxylic acids is 3. The predicted molar refractivity (Wildman–Crippen MR) is 210 cm³/mol. The molecule has 0 bridgehead atoms. The fourth-order valence-electron chi connectivity index (χ4n) is 8.18. The maximum Gasteiger partial charge on any atom is 0.329 e. The van der Waals surface area contributed by atoms with E-state index in [1.54, 1.807) is 24.0 Å². The minimum absolute atomic E-state index is 0.0260. The number of hydrogen-bond donors (Lipinski definition) is 3. The number of imidazole rings is 1. The highest BCUT2D eigenvalue weighted by Gasteiger charge is 2.32. The summed E-state index contributed by atoms with van der Waals surface area (Å²) < 4.78 is 39.8. The van der Waals surface area contributed by atoms with E-state index < -0.39 is 30.0 Å². The van der Waals surface area contributed by atoms with E-state index >= 15 is 0 Å². The number of rotatable bonds is 11. The van der Waals surface area contributed by atoms with Crippen molar-refractivity contribution in [1.82, 2.24) is 44.1 Å². The number of anilines is 2. The summed E-state index contributed by atoms with van der Waals surface area (Å²) in [5.41, 5.74) is 1.64. The fourth-order valence-corrected chi connectivity index (χ4v) is 8.18. The van der Waals surface area contributed by atoms with Gasteiger partial charge in [-0.25, -0.2) is 23.1 Å². The van der Waals surface area contributed by atoms with E-state index in [0.717, 1.165) is 45.2 Å². The number of aryl methyl sites for hydroxylation is 1. The molecule has 16 nitrogen and oxygen atoms in total. The number of alkyl halides is 2. The summed E-state index contributed by atoms with van der Waals surface area (Å²) in [5.74, 6) is 6.15. The molecule has 58 heavy (non-hydrogen) atoms. The first-order chi connectivity index (χ1) is 28.2. The lowest BCUT2D eigenvalue weighted by atomic mass is 9.86. The molecule has 8 rings (SSSR count). The Balaban J connectivity index is 0.817. The molecule has 1 unspecified atom stereocenters. The molecule has 1 aromatic carbocycles. The lowest BCUT2D eigenvalue weighted by Gasteiger charge is -2.28. The van der Waals surface area contributed by atoms with E-state index in [9.17, 15) is 28.0 Å². The molecule has 18 heteroatoms. The summed E-state index contributed by atoms with van der Waals surface area (Å²) in [4.78, 5) is 57.5. The largest absolute Gasteiger partial charge is 0.378 e. The number of morpholine rings is 1. The monoisotopic (exact) mass is 797 g/mol. The zero-order valence-electron chi connectivity index (χ0n) is 32.1. The van der Waals surface area contributed by atoms with Gasteiger partial charge in [0.1, 0.15) is 17.4 Å². The van der Waals surface area contributed by atoms with Crippen molar-refractivity contribution in [3.05, 3.63) is 70.2 Å². The van der Waals surface area contributed by atoms with Crippen LogP contribution in [0.2, 0.25) is 0 Å². The number of unbranched alkanes of at least 4 members (excludes halogenated alkanes) is 1. The molecule has 6 heterocycles. The molecule has 5 aromatic rings. The normalized spacial score (nSPS) is 20.1. The third kappa shape index (κ3) is 7.96. The smallest absolute Gasteiger partial charge is 0.329 e. The molecule has 4 aromatic heterocycles. The van der Waals surface area contributed by atoms with Gasteiger partial charge in [0.15, 0.2) is 11.3 Å². The number of halogens is 2. The number of para-hydroxylation sites is 1. The van der Waals surface area contributed by atoms with Gasteiger partial charge in [-0.05, 0) is 75.7 Å². The minimum Gasteiger partial charge on any atom is -0.378 e. The Morgan fingerprint density at radius 1 is 1.09 bits per heavy atom. The molecule has 1 saturated carbocycles. The summed E-state index contributed by atoms with van der Waals surface area (Å²) in [5, 5.41) is 17.0. The third-order valence-corrected chi connectivity index (χ3v) is 11.3. The van der Waals surface area contributed by atoms with Gasteiger partial charge in [0.25, 0.3) is 12.3 Å². The van der Waals surface area contributed by atoms with Gasteiger partial charge in [0, 0.05) is 45.4 Å². The highest BCUT2D eigenvalue weighted by Crippen LogP contribution is 2.35. The minimum atomic E-state index is -2.87. The van der Waals surface area contributed by atoms with E-state index in [1.165, 1.54) is 26.0 Å². The molecule has 0 spiro atoms. The van der Waals surface area contributed by atoms with E-state index in [-0.39, 0.29) is 41.7 Å². The number of fused-ring (bicyclic) bond motifs is 2. The van der Waals surface area contributed by atoms with Crippen LogP contribution < -0.4 is 26.5 Å². The average Bonchev–Trinajstić information content (AvgIpc) is 3.92. The van der Waals surface area contributed by atoms with Crippen molar-refractivity contribution in [3.8, 4) is 11.8 Å². The molecule has 1 atom stereocenters. The van der Waals surface area contributed by atoms with Gasteiger partial charge >= 0.3 is 5.69 Å². The fraction of sp³-hybridized carbons (Fsp3) is 0.475. The maximum atomic E-state index is 14.2. The third-order valence-electron chi connectivity index (χ3n) is 11.3. The van der Waals surface area contributed by atoms with Gasteiger partial charge in [0.05, 0.1) is 47.7 Å². The van der Waals surface area contributed by atoms with Crippen LogP contribution in [0.1, 0.15) is 91.5 Å². The number of nitrogens with zero attached hydrogens (tertiary/aromatic N) is 8. The molecule has 3 fully saturated rings. The van der Waals surface area contributed by atoms with Crippen LogP contribution in [0.3, 0.4) is 0 Å². The first kappa shape index (κ1) is 38.9. The maximum absolute atomic E-state index is 14.2. The van der Waals surface area contributed by atoms with Crippen LogP contribution in [0.25, 0.3) is 16.7 Å². The standard InChI is InChI=1S/C40H45F2N11O5/c1-49-35-26(7-5-8-30(35)53(40(49)57)31-13-14-33(54)47-39(31)56)6-3-2-4-16-43-22-25-9-11-27(12-10-25)52-24-29(34(48-52)36(41)42)45-38(55)28-23-44-51-17-15-32(46-37(28)51)50-18-20-58-21-19-50/h5,7-8,15,17,23-25,27,31,36,43H,2,4,9-14,16,18-22H2,1H3,(H,45,55)(H,47,54,56)/t25-,27-,31?. The van der Waals surface area contributed by atoms with Crippen molar-refractivity contribution in [3.63, 3.8) is 0 Å². The summed E-state index contributed by atoms with van der Waals surface area (Å²) in [6.07, 6.45) is 7.02. The number of imide groups is 1. The Labute approximate surface area is 331 Å². The van der Waals surface area contributed by atoms with Crippen molar-refractivity contribution in [2.75, 3.05) is 49.6 Å². The molecule has 2 saturated heterocycles. The van der Waals surface area contributed by atoms with Gasteiger partial charge in [-0.15, -0.1) is 0 Å². The van der Waals surface area contributed by atoms with Crippen molar-refractivity contribution in [2.45, 2.75) is 69.9 Å². The van der Waals surface area contributed by atoms with E-state index in [0.29, 0.717) is 66.7 Å². The highest BCUT2D eigenvalue weighted by atomic mass is 19.3. The molecular weight excluding hydrogens is 753 g/mol. The Kier molecular flexibility index (Phi) is 11.3. The zero-order valence-corrected chi connectivity index (χ0v) is 32.1. The van der Waals surface area contributed by atoms with Crippen LogP contribution in [-0.4, -0.2) is 90.6 Å². The van der Waals surface area contributed by atoms with Crippen LogP contribution in [0.5, 0.6) is 0 Å². The summed E-state index contributed by atoms with van der Waals surface area (Å²) in [7, 11) is 1.66. The molecule has 3 aliphatic rings. The Bertz CT molecular complexity index is 2460. The summed E-state index contributed by atoms with van der Waals surface area (Å²) >= 11 is 0. The van der Waals surface area contributed by atoms with Gasteiger partial charge in [-0.2, -0.15) is 10.2 Å². The second-order valence-electron chi connectivity index (χ2n) is 15.0. The van der Waals surface area contributed by atoms with Crippen LogP contribution in [-0.2, 0) is 21.4 Å². The number of carbonyl (C=O) groups is 3. The Hall–Kier alpha value is -5.93. The molecule has 3 amide bonds. The SMILES string of the molecule is Cn1c(=O)n(C2CCC(=O)NC2=O)c2cccc(C#CCCCNC[C@H]3CC[C@H](n4cc(NC(=O)c5cnn6ccc(N7CCOCC7)nc56)c(C(F)F)n4)CC3)c21. The quantitative estimate of drug-likeness (QED) is 0.102. The van der Waals surface area contributed by atoms with Gasteiger partial charge in [-0.1, -0.05) is 17.9 Å². The van der Waals surface area contributed by atoms with Gasteiger partial charge < -0.3 is 20.3 Å². The first-order valence-electron chi connectivity index (χ1n) is 19.7. The lowest BCUT2D eigenvalue weighted by Crippen LogP contribution is -2.44. The number of benzene rings is 1. The Morgan fingerprint density at radius 3 is 2.67 bits per heavy atom. The molecule has 304 valence electrons. The molecule has 2 aliphatic heterocycles. The van der Waals surface area contributed by atoms with Crippen molar-refractivity contribution in [2.24, 2.45) is 13.0 Å². The van der Waals surface area contributed by atoms with Crippen molar-refractivity contribution >= 4 is 45.9 Å². The van der Waals surface area contributed by atoms with Gasteiger partial charge in [0.2, 0.25) is 11.8 Å². The van der Waals surface area contributed by atoms with Crippen LogP contribution in [0.15, 0.2) is 47.7 Å². The number of piperidine rings is 1. The van der Waals surface area contributed by atoms with Crippen LogP contribution in [0, 0.1) is 17.8 Å². The van der Waals surface area contributed by atoms with Gasteiger partial charge in [-0.3, -0.25) is 33.5 Å². The number of amides is 3.